The van der Waals surface area contributed by atoms with Gasteiger partial charge in [0.2, 0.25) is 0 Å². The molecule has 0 bridgehead atoms. The fraction of sp³-hybridized carbons (Fsp3) is 0.786. The van der Waals surface area contributed by atoms with Crippen molar-refractivity contribution >= 4 is 11.3 Å². The molecule has 0 radical (unpaired) electrons. The number of thiazole rings is 1. The van der Waals surface area contributed by atoms with Gasteiger partial charge in [0, 0.05) is 18.4 Å². The third-order valence-corrected chi connectivity index (χ3v) is 4.87. The van der Waals surface area contributed by atoms with Crippen molar-refractivity contribution in [3.63, 3.8) is 0 Å². The van der Waals surface area contributed by atoms with Gasteiger partial charge in [-0.15, -0.1) is 11.3 Å². The van der Waals surface area contributed by atoms with Gasteiger partial charge in [-0.1, -0.05) is 19.3 Å². The molecular weight excluding hydrogens is 258 g/mol. The quantitative estimate of drug-likeness (QED) is 0.622. The van der Waals surface area contributed by atoms with Gasteiger partial charge in [0.25, 0.3) is 0 Å². The number of ether oxygens (including phenoxy) is 1. The van der Waals surface area contributed by atoms with Crippen LogP contribution in [0, 0.1) is 6.92 Å². The van der Waals surface area contributed by atoms with E-state index in [0.717, 1.165) is 36.6 Å². The van der Waals surface area contributed by atoms with Crippen LogP contribution >= 0.6 is 11.3 Å². The largest absolute Gasteiger partial charge is 0.374 e. The molecule has 0 aromatic carbocycles. The zero-order valence-corrected chi connectivity index (χ0v) is 12.8. The lowest BCUT2D eigenvalue weighted by molar-refractivity contribution is -0.0899. The highest BCUT2D eigenvalue weighted by molar-refractivity contribution is 7.09. The van der Waals surface area contributed by atoms with Crippen molar-refractivity contribution in [1.29, 1.82) is 0 Å². The third-order valence-electron chi connectivity index (χ3n) is 4.05. The number of hydrazine groups is 1. The molecule has 1 unspecified atom stereocenters. The van der Waals surface area contributed by atoms with Crippen molar-refractivity contribution in [3.05, 3.63) is 16.1 Å². The number of nitrogens with one attached hydrogen (secondary N) is 1. The van der Waals surface area contributed by atoms with E-state index in [-0.39, 0.29) is 11.6 Å². The summed E-state index contributed by atoms with van der Waals surface area (Å²) in [6.45, 7) is 4.85. The molecule has 108 valence electrons. The van der Waals surface area contributed by atoms with Crippen molar-refractivity contribution in [3.8, 4) is 0 Å². The van der Waals surface area contributed by atoms with E-state index >= 15 is 0 Å². The Labute approximate surface area is 119 Å². The molecule has 0 saturated heterocycles. The summed E-state index contributed by atoms with van der Waals surface area (Å²) in [6, 6.07) is 0.147. The van der Waals surface area contributed by atoms with Crippen LogP contribution in [0.25, 0.3) is 0 Å². The number of aryl methyl sites for hydroxylation is 1. The third kappa shape index (κ3) is 3.54. The molecule has 1 fully saturated rings. The van der Waals surface area contributed by atoms with Gasteiger partial charge in [-0.05, 0) is 26.7 Å². The van der Waals surface area contributed by atoms with Gasteiger partial charge in [-0.2, -0.15) is 0 Å². The van der Waals surface area contributed by atoms with E-state index in [0.29, 0.717) is 0 Å². The molecule has 1 aliphatic rings. The van der Waals surface area contributed by atoms with Crippen LogP contribution in [-0.2, 0) is 11.2 Å². The topological polar surface area (TPSA) is 60.2 Å². The minimum Gasteiger partial charge on any atom is -0.374 e. The number of hydrogen-bond acceptors (Lipinski definition) is 5. The maximum atomic E-state index is 6.14. The zero-order chi connectivity index (χ0) is 13.7. The Balaban J connectivity index is 2.12. The summed E-state index contributed by atoms with van der Waals surface area (Å²) in [4.78, 5) is 4.55. The minimum absolute atomic E-state index is 0.112. The van der Waals surface area contributed by atoms with Crippen molar-refractivity contribution in [2.75, 3.05) is 6.61 Å². The van der Waals surface area contributed by atoms with Crippen molar-refractivity contribution in [2.45, 2.75) is 64.0 Å². The van der Waals surface area contributed by atoms with E-state index in [1.54, 1.807) is 11.3 Å². The van der Waals surface area contributed by atoms with Gasteiger partial charge >= 0.3 is 0 Å². The van der Waals surface area contributed by atoms with Gasteiger partial charge in [-0.3, -0.25) is 11.3 Å². The Kier molecular flexibility index (Phi) is 5.33. The molecule has 19 heavy (non-hydrogen) atoms. The van der Waals surface area contributed by atoms with Gasteiger partial charge in [0.1, 0.15) is 0 Å². The van der Waals surface area contributed by atoms with Crippen molar-refractivity contribution < 1.29 is 4.74 Å². The van der Waals surface area contributed by atoms with Gasteiger partial charge in [-0.25, -0.2) is 4.98 Å². The van der Waals surface area contributed by atoms with E-state index in [2.05, 4.69) is 22.7 Å². The molecule has 4 nitrogen and oxygen atoms in total. The Morgan fingerprint density at radius 2 is 2.21 bits per heavy atom. The summed E-state index contributed by atoms with van der Waals surface area (Å²) in [5, 5.41) is 3.24. The summed E-state index contributed by atoms with van der Waals surface area (Å²) < 4.78 is 6.14. The summed E-state index contributed by atoms with van der Waals surface area (Å²) in [7, 11) is 0. The maximum absolute atomic E-state index is 6.14. The van der Waals surface area contributed by atoms with Crippen molar-refractivity contribution in [2.24, 2.45) is 5.84 Å². The first-order valence-corrected chi connectivity index (χ1v) is 8.09. The standard InChI is InChI=1S/C14H25N3OS/c1-3-18-14(7-5-4-6-8-14)13(17-15)9-12-10-19-11(2)16-12/h10,13,17H,3-9,15H2,1-2H3. The molecule has 2 rings (SSSR count). The van der Waals surface area contributed by atoms with Gasteiger partial charge in [0.05, 0.1) is 22.3 Å². The van der Waals surface area contributed by atoms with Crippen LogP contribution in [0.3, 0.4) is 0 Å². The second-order valence-corrected chi connectivity index (χ2v) is 6.40. The molecule has 1 saturated carbocycles. The molecule has 1 aromatic heterocycles. The van der Waals surface area contributed by atoms with E-state index in [1.165, 1.54) is 19.3 Å². The summed E-state index contributed by atoms with van der Waals surface area (Å²) >= 11 is 1.70. The number of hydrogen-bond donors (Lipinski definition) is 2. The molecule has 1 atom stereocenters. The molecule has 0 aliphatic heterocycles. The fourth-order valence-corrected chi connectivity index (χ4v) is 3.76. The monoisotopic (exact) mass is 283 g/mol. The number of nitrogens with zero attached hydrogens (tertiary/aromatic N) is 1. The summed E-state index contributed by atoms with van der Waals surface area (Å²) in [5.41, 5.74) is 4.00. The lowest BCUT2D eigenvalue weighted by Crippen LogP contribution is -2.57. The van der Waals surface area contributed by atoms with E-state index in [1.807, 2.05) is 6.92 Å². The highest BCUT2D eigenvalue weighted by Gasteiger charge is 2.40. The van der Waals surface area contributed by atoms with E-state index < -0.39 is 0 Å². The zero-order valence-electron chi connectivity index (χ0n) is 11.9. The van der Waals surface area contributed by atoms with Gasteiger partial charge < -0.3 is 4.74 Å². The summed E-state index contributed by atoms with van der Waals surface area (Å²) in [5.74, 6) is 5.82. The predicted octanol–water partition coefficient (Wildman–Crippen LogP) is 2.57. The first kappa shape index (κ1) is 14.9. The Morgan fingerprint density at radius 1 is 1.47 bits per heavy atom. The molecule has 0 amide bonds. The SMILES string of the molecule is CCOC1(C(Cc2csc(C)n2)NN)CCCCC1. The number of rotatable bonds is 6. The van der Waals surface area contributed by atoms with Crippen LogP contribution in [0.1, 0.15) is 49.7 Å². The van der Waals surface area contributed by atoms with E-state index in [9.17, 15) is 0 Å². The Bertz CT molecular complexity index is 382. The highest BCUT2D eigenvalue weighted by Crippen LogP contribution is 2.35. The molecule has 1 aromatic rings. The van der Waals surface area contributed by atoms with Crippen molar-refractivity contribution in [1.82, 2.24) is 10.4 Å². The fourth-order valence-electron chi connectivity index (χ4n) is 3.14. The van der Waals surface area contributed by atoms with Crippen LogP contribution in [-0.4, -0.2) is 23.2 Å². The second kappa shape index (κ2) is 6.79. The first-order valence-electron chi connectivity index (χ1n) is 7.21. The molecule has 5 heteroatoms. The van der Waals surface area contributed by atoms with Crippen LogP contribution in [0.2, 0.25) is 0 Å². The second-order valence-electron chi connectivity index (χ2n) is 5.34. The maximum Gasteiger partial charge on any atom is 0.0897 e. The number of aromatic nitrogens is 1. The van der Waals surface area contributed by atoms with Crippen LogP contribution in [0.15, 0.2) is 5.38 Å². The lowest BCUT2D eigenvalue weighted by atomic mass is 9.78. The Morgan fingerprint density at radius 3 is 2.74 bits per heavy atom. The minimum atomic E-state index is -0.112. The Hall–Kier alpha value is -0.490. The first-order chi connectivity index (χ1) is 9.20. The predicted molar refractivity (Wildman–Crippen MR) is 79.1 cm³/mol. The lowest BCUT2D eigenvalue weighted by Gasteiger charge is -2.42. The molecule has 3 N–H and O–H groups in total. The molecule has 1 heterocycles. The smallest absolute Gasteiger partial charge is 0.0897 e. The van der Waals surface area contributed by atoms with E-state index in [4.69, 9.17) is 10.6 Å². The molecular formula is C14H25N3OS. The van der Waals surface area contributed by atoms with Crippen LogP contribution < -0.4 is 11.3 Å². The molecule has 1 aliphatic carbocycles. The average molecular weight is 283 g/mol. The van der Waals surface area contributed by atoms with Gasteiger partial charge in [0.15, 0.2) is 0 Å². The number of nitrogens with two attached hydrogens (primary N) is 1. The molecule has 0 spiro atoms. The summed E-state index contributed by atoms with van der Waals surface area (Å²) in [6.07, 6.45) is 6.81. The van der Waals surface area contributed by atoms with Crippen LogP contribution in [0.5, 0.6) is 0 Å². The van der Waals surface area contributed by atoms with Crippen LogP contribution in [0.4, 0.5) is 0 Å². The highest BCUT2D eigenvalue weighted by atomic mass is 32.1. The average Bonchev–Trinajstić information content (AvgIpc) is 2.83. The normalized spacial score (nSPS) is 20.4.